The van der Waals surface area contributed by atoms with Crippen molar-refractivity contribution in [1.82, 2.24) is 4.57 Å². The average Bonchev–Trinajstić information content (AvgIpc) is 2.52. The average molecular weight is 438 g/mol. The SMILES string of the molecule is C[Si](C)(C)OC(c1ccccc1)[Si](N1CCCCC1)([Si](C)(C)C)[Si](C)(C)C. The van der Waals surface area contributed by atoms with Crippen molar-refractivity contribution in [1.29, 1.82) is 0 Å². The molecule has 1 atom stereocenters. The van der Waals surface area contributed by atoms with Crippen LogP contribution in [0.3, 0.4) is 0 Å². The van der Waals surface area contributed by atoms with Crippen LogP contribution >= 0.6 is 0 Å². The fourth-order valence-corrected chi connectivity index (χ4v) is 56.8. The minimum Gasteiger partial charge on any atom is -0.412 e. The van der Waals surface area contributed by atoms with Gasteiger partial charge in [-0.2, -0.15) is 0 Å². The van der Waals surface area contributed by atoms with E-state index in [-0.39, 0.29) is 0 Å². The number of hydrogen-bond donors (Lipinski definition) is 0. The van der Waals surface area contributed by atoms with Crippen LogP contribution in [0, 0.1) is 0 Å². The van der Waals surface area contributed by atoms with Crippen LogP contribution < -0.4 is 0 Å². The van der Waals surface area contributed by atoms with Gasteiger partial charge in [-0.15, -0.1) is 0 Å². The molecule has 27 heavy (non-hydrogen) atoms. The fourth-order valence-electron chi connectivity index (χ4n) is 5.65. The minimum atomic E-state index is -1.85. The maximum absolute atomic E-state index is 7.22. The Bertz CT molecular complexity index is 581. The summed E-state index contributed by atoms with van der Waals surface area (Å²) in [5.74, 6) is 0. The molecule has 0 aromatic heterocycles. The molecule has 1 unspecified atom stereocenters. The van der Waals surface area contributed by atoms with Crippen molar-refractivity contribution in [3.63, 3.8) is 0 Å². The molecule has 154 valence electrons. The van der Waals surface area contributed by atoms with Crippen molar-refractivity contribution >= 4 is 30.8 Å². The van der Waals surface area contributed by atoms with E-state index in [1.54, 1.807) is 0 Å². The third-order valence-corrected chi connectivity index (χ3v) is 45.2. The van der Waals surface area contributed by atoms with Gasteiger partial charge >= 0.3 is 0 Å². The summed E-state index contributed by atoms with van der Waals surface area (Å²) in [4.78, 5) is 0. The number of benzene rings is 1. The van der Waals surface area contributed by atoms with Crippen molar-refractivity contribution in [2.45, 2.75) is 83.9 Å². The molecule has 0 N–H and O–H groups in total. The van der Waals surface area contributed by atoms with Gasteiger partial charge in [-0.3, -0.25) is 0 Å². The second kappa shape index (κ2) is 8.40. The van der Waals surface area contributed by atoms with E-state index in [4.69, 9.17) is 4.43 Å². The van der Waals surface area contributed by atoms with Crippen molar-refractivity contribution < 1.29 is 4.43 Å². The summed E-state index contributed by atoms with van der Waals surface area (Å²) in [7, 11) is -6.50. The number of hydrogen-bond acceptors (Lipinski definition) is 2. The molecule has 0 amide bonds. The van der Waals surface area contributed by atoms with Crippen LogP contribution in [0.4, 0.5) is 0 Å². The van der Waals surface area contributed by atoms with Crippen LogP contribution in [0.1, 0.15) is 30.6 Å². The van der Waals surface area contributed by atoms with Gasteiger partial charge in [0, 0.05) is 0 Å². The second-order valence-electron chi connectivity index (χ2n) is 11.3. The molecule has 0 radical (unpaired) electrons. The maximum atomic E-state index is 7.22. The van der Waals surface area contributed by atoms with E-state index in [0.29, 0.717) is 5.73 Å². The standard InChI is InChI=1S/C21H43NOSi4/c1-24(2,3)23-21(20-16-12-10-13-17-20)27(25(4,5)6,26(7,8)9)22-18-14-11-15-19-22/h10,12-13,16-17,21H,11,14-15,18-19H2,1-9H3. The molecular formula is C21H43NOSi4. The van der Waals surface area contributed by atoms with E-state index in [0.717, 1.165) is 0 Å². The third kappa shape index (κ3) is 4.95. The van der Waals surface area contributed by atoms with Crippen LogP contribution in [-0.4, -0.2) is 48.4 Å². The Morgan fingerprint density at radius 1 is 0.741 bits per heavy atom. The first kappa shape index (κ1) is 23.3. The van der Waals surface area contributed by atoms with Crippen LogP contribution in [0.25, 0.3) is 0 Å². The van der Waals surface area contributed by atoms with E-state index in [1.165, 1.54) is 37.9 Å². The Balaban J connectivity index is 2.76. The highest BCUT2D eigenvalue weighted by molar-refractivity contribution is 7.68. The lowest BCUT2D eigenvalue weighted by Crippen LogP contribution is -2.84. The van der Waals surface area contributed by atoms with Crippen molar-refractivity contribution in [3.05, 3.63) is 35.9 Å². The topological polar surface area (TPSA) is 12.5 Å². The monoisotopic (exact) mass is 437 g/mol. The van der Waals surface area contributed by atoms with Crippen molar-refractivity contribution in [3.8, 4) is 0 Å². The summed E-state index contributed by atoms with van der Waals surface area (Å²) in [6.45, 7) is 25.7. The number of nitrogens with zero attached hydrogens (tertiary/aromatic N) is 1. The Morgan fingerprint density at radius 3 is 1.63 bits per heavy atom. The summed E-state index contributed by atoms with van der Waals surface area (Å²) in [6, 6.07) is 11.3. The van der Waals surface area contributed by atoms with Crippen LogP contribution in [0.15, 0.2) is 30.3 Å². The molecule has 0 saturated carbocycles. The van der Waals surface area contributed by atoms with E-state index in [9.17, 15) is 0 Å². The van der Waals surface area contributed by atoms with Crippen LogP contribution in [0.2, 0.25) is 58.9 Å². The smallest absolute Gasteiger partial charge is 0.184 e. The summed E-state index contributed by atoms with van der Waals surface area (Å²) < 4.78 is 10.3. The first-order valence-corrected chi connectivity index (χ1v) is 25.2. The molecule has 0 bridgehead atoms. The highest BCUT2D eigenvalue weighted by atomic mass is 29.6. The molecule has 1 aromatic carbocycles. The van der Waals surface area contributed by atoms with E-state index >= 15 is 0 Å². The zero-order valence-corrected chi connectivity index (χ0v) is 23.4. The lowest BCUT2D eigenvalue weighted by atomic mass is 10.2. The number of piperidine rings is 1. The zero-order chi connectivity index (χ0) is 20.5. The van der Waals surface area contributed by atoms with Gasteiger partial charge in [0.05, 0.1) is 20.9 Å². The molecule has 2 rings (SSSR count). The summed E-state index contributed by atoms with van der Waals surface area (Å²) >= 11 is 0. The Hall–Kier alpha value is 0.00753. The highest BCUT2D eigenvalue weighted by Gasteiger charge is 2.64. The molecular weight excluding hydrogens is 395 g/mol. The molecule has 1 heterocycles. The fraction of sp³-hybridized carbons (Fsp3) is 0.714. The minimum absolute atomic E-state index is 0.335. The molecule has 2 nitrogen and oxygen atoms in total. The molecule has 1 saturated heterocycles. The molecule has 0 spiro atoms. The van der Waals surface area contributed by atoms with Gasteiger partial charge in [0.25, 0.3) is 0 Å². The van der Waals surface area contributed by atoms with Crippen molar-refractivity contribution in [2.24, 2.45) is 0 Å². The van der Waals surface area contributed by atoms with E-state index in [2.05, 4.69) is 93.8 Å². The molecule has 1 aliphatic heterocycles. The summed E-state index contributed by atoms with van der Waals surface area (Å²) in [6.07, 6.45) is 4.15. The highest BCUT2D eigenvalue weighted by Crippen LogP contribution is 2.45. The first-order chi connectivity index (χ1) is 12.3. The molecule has 1 fully saturated rings. The zero-order valence-electron chi connectivity index (χ0n) is 19.4. The summed E-state index contributed by atoms with van der Waals surface area (Å²) in [5, 5.41) is 0. The quantitative estimate of drug-likeness (QED) is 0.459. The normalized spacial score (nSPS) is 19.1. The molecule has 6 heteroatoms. The molecule has 0 aliphatic carbocycles. The van der Waals surface area contributed by atoms with Crippen LogP contribution in [-0.2, 0) is 4.43 Å². The lowest BCUT2D eigenvalue weighted by molar-refractivity contribution is 0.244. The van der Waals surface area contributed by atoms with Gasteiger partial charge in [0.1, 0.15) is 7.27 Å². The van der Waals surface area contributed by atoms with Gasteiger partial charge < -0.3 is 8.99 Å². The Kier molecular flexibility index (Phi) is 7.24. The largest absolute Gasteiger partial charge is 0.412 e. The predicted octanol–water partition coefficient (Wildman–Crippen LogP) is 6.38. The lowest BCUT2D eigenvalue weighted by Gasteiger charge is -2.61. The third-order valence-electron chi connectivity index (χ3n) is 6.09. The maximum Gasteiger partial charge on any atom is 0.184 e. The number of rotatable bonds is 7. The van der Waals surface area contributed by atoms with Gasteiger partial charge in [0.15, 0.2) is 8.32 Å². The Labute approximate surface area is 172 Å². The predicted molar refractivity (Wildman–Crippen MR) is 131 cm³/mol. The van der Waals surface area contributed by atoms with E-state index < -0.39 is 30.8 Å². The molecule has 1 aromatic rings. The van der Waals surface area contributed by atoms with Gasteiger partial charge in [-0.05, 0) is 51.1 Å². The second-order valence-corrected chi connectivity index (χ2v) is 42.6. The van der Waals surface area contributed by atoms with Crippen molar-refractivity contribution in [2.75, 3.05) is 13.1 Å². The van der Waals surface area contributed by atoms with Gasteiger partial charge in [0.2, 0.25) is 0 Å². The van der Waals surface area contributed by atoms with Crippen LogP contribution in [0.5, 0.6) is 0 Å². The van der Waals surface area contributed by atoms with Gasteiger partial charge in [-0.1, -0.05) is 76.0 Å². The molecule has 1 aliphatic rings. The first-order valence-electron chi connectivity index (χ1n) is 10.8. The summed E-state index contributed by atoms with van der Waals surface area (Å²) in [5.41, 5.74) is 1.80. The van der Waals surface area contributed by atoms with Gasteiger partial charge in [-0.25, -0.2) is 0 Å². The Morgan fingerprint density at radius 2 is 1.22 bits per heavy atom. The van der Waals surface area contributed by atoms with E-state index in [1.807, 2.05) is 0 Å².